The summed E-state index contributed by atoms with van der Waals surface area (Å²) in [6, 6.07) is 15.5. The van der Waals surface area contributed by atoms with E-state index in [4.69, 9.17) is 27.9 Å². The van der Waals surface area contributed by atoms with Gasteiger partial charge in [0.25, 0.3) is 11.5 Å². The number of hydrogen-bond donors (Lipinski definition) is 1. The van der Waals surface area contributed by atoms with Crippen LogP contribution in [0.15, 0.2) is 70.7 Å². The van der Waals surface area contributed by atoms with Gasteiger partial charge in [0.15, 0.2) is 0 Å². The number of amides is 1. The molecule has 1 amide bonds. The summed E-state index contributed by atoms with van der Waals surface area (Å²) < 4.78 is 7.01. The maximum absolute atomic E-state index is 12.7. The summed E-state index contributed by atoms with van der Waals surface area (Å²) in [6.07, 6.45) is 3.19. The molecule has 1 N–H and O–H groups in total. The van der Waals surface area contributed by atoms with Crippen LogP contribution >= 0.6 is 23.2 Å². The summed E-state index contributed by atoms with van der Waals surface area (Å²) in [5, 5.41) is 4.78. The van der Waals surface area contributed by atoms with Crippen molar-refractivity contribution in [2.75, 3.05) is 0 Å². The van der Waals surface area contributed by atoms with Crippen molar-refractivity contribution in [2.24, 2.45) is 5.10 Å². The molecule has 2 aromatic carbocycles. The van der Waals surface area contributed by atoms with Crippen LogP contribution in [-0.2, 0) is 6.54 Å². The Bertz CT molecular complexity index is 1160. The normalized spacial score (nSPS) is 11.1. The van der Waals surface area contributed by atoms with Crippen LogP contribution in [0.3, 0.4) is 0 Å². The topological polar surface area (TPSA) is 72.7 Å². The van der Waals surface area contributed by atoms with Gasteiger partial charge in [-0.25, -0.2) is 5.43 Å². The Morgan fingerprint density at radius 1 is 1.13 bits per heavy atom. The molecule has 6 nitrogen and oxygen atoms in total. The zero-order chi connectivity index (χ0) is 22.4. The Morgan fingerprint density at radius 3 is 2.55 bits per heavy atom. The highest BCUT2D eigenvalue weighted by Gasteiger charge is 2.12. The minimum Gasteiger partial charge on any atom is -0.491 e. The summed E-state index contributed by atoms with van der Waals surface area (Å²) in [4.78, 5) is 25.1. The lowest BCUT2D eigenvalue weighted by molar-refractivity contribution is 0.0953. The smallest absolute Gasteiger partial charge is 0.276 e. The molecule has 8 heteroatoms. The molecule has 0 atom stereocenters. The number of carbonyl (C=O) groups is 1. The predicted molar refractivity (Wildman–Crippen MR) is 124 cm³/mol. The van der Waals surface area contributed by atoms with E-state index in [1.807, 2.05) is 38.1 Å². The van der Waals surface area contributed by atoms with Gasteiger partial charge in [0, 0.05) is 6.20 Å². The molecule has 1 aromatic heterocycles. The average Bonchev–Trinajstić information content (AvgIpc) is 2.73. The molecule has 0 saturated carbocycles. The Labute approximate surface area is 190 Å². The predicted octanol–water partition coefficient (Wildman–Crippen LogP) is 4.75. The van der Waals surface area contributed by atoms with E-state index in [1.54, 1.807) is 30.5 Å². The zero-order valence-electron chi connectivity index (χ0n) is 17.0. The average molecular weight is 458 g/mol. The van der Waals surface area contributed by atoms with Gasteiger partial charge in [-0.05, 0) is 73.5 Å². The van der Waals surface area contributed by atoms with Crippen molar-refractivity contribution >= 4 is 35.3 Å². The molecule has 0 spiro atoms. The molecule has 0 aliphatic heterocycles. The van der Waals surface area contributed by atoms with Crippen molar-refractivity contribution in [1.29, 1.82) is 0 Å². The van der Waals surface area contributed by atoms with Crippen molar-refractivity contribution in [3.63, 3.8) is 0 Å². The molecule has 0 aliphatic carbocycles. The van der Waals surface area contributed by atoms with E-state index < -0.39 is 11.5 Å². The lowest BCUT2D eigenvalue weighted by Crippen LogP contribution is -2.30. The summed E-state index contributed by atoms with van der Waals surface area (Å²) in [5.74, 6) is 0.160. The van der Waals surface area contributed by atoms with Gasteiger partial charge in [0.05, 0.1) is 28.9 Å². The number of pyridine rings is 1. The summed E-state index contributed by atoms with van der Waals surface area (Å²) in [6.45, 7) is 4.16. The van der Waals surface area contributed by atoms with E-state index >= 15 is 0 Å². The fourth-order valence-electron chi connectivity index (χ4n) is 2.80. The number of aromatic nitrogens is 1. The maximum atomic E-state index is 12.7. The van der Waals surface area contributed by atoms with E-state index in [-0.39, 0.29) is 18.2 Å². The quantitative estimate of drug-likeness (QED) is 0.410. The van der Waals surface area contributed by atoms with E-state index in [1.165, 1.54) is 16.8 Å². The van der Waals surface area contributed by atoms with Crippen LogP contribution in [0, 0.1) is 0 Å². The van der Waals surface area contributed by atoms with Crippen LogP contribution in [0.5, 0.6) is 5.75 Å². The molecular weight excluding hydrogens is 437 g/mol. The lowest BCUT2D eigenvalue weighted by Gasteiger charge is -2.09. The number of hydrazone groups is 1. The number of hydrogen-bond acceptors (Lipinski definition) is 4. The Morgan fingerprint density at radius 2 is 1.87 bits per heavy atom. The second-order valence-corrected chi connectivity index (χ2v) is 7.85. The largest absolute Gasteiger partial charge is 0.491 e. The van der Waals surface area contributed by atoms with Crippen LogP contribution in [0.25, 0.3) is 0 Å². The summed E-state index contributed by atoms with van der Waals surface area (Å²) >= 11 is 12.0. The monoisotopic (exact) mass is 457 g/mol. The first-order valence-corrected chi connectivity index (χ1v) is 10.3. The minimum atomic E-state index is -0.593. The van der Waals surface area contributed by atoms with Crippen molar-refractivity contribution < 1.29 is 9.53 Å². The first-order valence-electron chi connectivity index (χ1n) is 9.57. The van der Waals surface area contributed by atoms with Crippen LogP contribution in [0.1, 0.15) is 35.3 Å². The molecule has 0 fully saturated rings. The lowest BCUT2D eigenvalue weighted by atomic mass is 10.2. The molecule has 31 heavy (non-hydrogen) atoms. The maximum Gasteiger partial charge on any atom is 0.276 e. The minimum absolute atomic E-state index is 0.0135. The number of nitrogens with one attached hydrogen (secondary N) is 1. The van der Waals surface area contributed by atoms with E-state index in [2.05, 4.69) is 10.5 Å². The number of ether oxygens (including phenoxy) is 1. The van der Waals surface area contributed by atoms with Crippen molar-refractivity contribution in [3.8, 4) is 5.75 Å². The zero-order valence-corrected chi connectivity index (χ0v) is 18.5. The van der Waals surface area contributed by atoms with Crippen LogP contribution < -0.4 is 15.7 Å². The van der Waals surface area contributed by atoms with Gasteiger partial charge in [-0.1, -0.05) is 29.3 Å². The summed E-state index contributed by atoms with van der Waals surface area (Å²) in [5.41, 5.74) is 3.51. The Kier molecular flexibility index (Phi) is 7.50. The molecule has 3 aromatic rings. The molecule has 160 valence electrons. The molecule has 0 saturated heterocycles. The van der Waals surface area contributed by atoms with Crippen LogP contribution in [-0.4, -0.2) is 22.8 Å². The fourth-order valence-corrected chi connectivity index (χ4v) is 3.12. The Hall–Kier alpha value is -3.09. The van der Waals surface area contributed by atoms with Gasteiger partial charge in [-0.2, -0.15) is 5.10 Å². The second-order valence-electron chi connectivity index (χ2n) is 7.04. The SMILES string of the molecule is CC(C)Oc1ccc(/C=N\NC(=O)c2cccn(Cc3ccc(Cl)c(Cl)c3)c2=O)cc1. The molecule has 0 radical (unpaired) electrons. The molecular formula is C23H21Cl2N3O3. The number of benzene rings is 2. The molecule has 3 rings (SSSR count). The van der Waals surface area contributed by atoms with Crippen LogP contribution in [0.2, 0.25) is 10.0 Å². The molecule has 0 bridgehead atoms. The van der Waals surface area contributed by atoms with Gasteiger partial charge in [-0.3, -0.25) is 9.59 Å². The fraction of sp³-hybridized carbons (Fsp3) is 0.174. The van der Waals surface area contributed by atoms with Gasteiger partial charge in [0.1, 0.15) is 11.3 Å². The van der Waals surface area contributed by atoms with Gasteiger partial charge < -0.3 is 9.30 Å². The number of halogens is 2. The highest BCUT2D eigenvalue weighted by molar-refractivity contribution is 6.42. The van der Waals surface area contributed by atoms with E-state index in [9.17, 15) is 9.59 Å². The van der Waals surface area contributed by atoms with Crippen molar-refractivity contribution in [1.82, 2.24) is 9.99 Å². The van der Waals surface area contributed by atoms with Crippen LogP contribution in [0.4, 0.5) is 0 Å². The molecule has 0 aliphatic rings. The van der Waals surface area contributed by atoms with Gasteiger partial charge in [0.2, 0.25) is 0 Å². The molecule has 0 unspecified atom stereocenters. The summed E-state index contributed by atoms with van der Waals surface area (Å²) in [7, 11) is 0. The first kappa shape index (κ1) is 22.6. The second kappa shape index (κ2) is 10.3. The number of carbonyl (C=O) groups excluding carboxylic acids is 1. The van der Waals surface area contributed by atoms with Crippen molar-refractivity contribution in [3.05, 3.63) is 97.9 Å². The first-order chi connectivity index (χ1) is 14.8. The third-order valence-electron chi connectivity index (χ3n) is 4.23. The van der Waals surface area contributed by atoms with Gasteiger partial charge in [-0.15, -0.1) is 0 Å². The number of rotatable bonds is 7. The van der Waals surface area contributed by atoms with Crippen molar-refractivity contribution in [2.45, 2.75) is 26.5 Å². The third kappa shape index (κ3) is 6.20. The van der Waals surface area contributed by atoms with E-state index in [0.29, 0.717) is 10.0 Å². The third-order valence-corrected chi connectivity index (χ3v) is 4.97. The molecule has 1 heterocycles. The Balaban J connectivity index is 1.67. The highest BCUT2D eigenvalue weighted by atomic mass is 35.5. The number of nitrogens with zero attached hydrogens (tertiary/aromatic N) is 2. The van der Waals surface area contributed by atoms with E-state index in [0.717, 1.165) is 16.9 Å². The highest BCUT2D eigenvalue weighted by Crippen LogP contribution is 2.22. The standard InChI is InChI=1S/C23H21Cl2N3O3/c1-15(2)31-18-8-5-16(6-9-18)13-26-27-22(29)19-4-3-11-28(23(19)30)14-17-7-10-20(24)21(25)12-17/h3-13,15H,14H2,1-2H3,(H,27,29)/b26-13-. The van der Waals surface area contributed by atoms with Gasteiger partial charge >= 0.3 is 0 Å².